The van der Waals surface area contributed by atoms with E-state index in [9.17, 15) is 10.1 Å². The molecule has 0 bridgehead atoms. The average molecular weight is 470 g/mol. The zero-order valence-electron chi connectivity index (χ0n) is 20.4. The molecule has 7 nitrogen and oxygen atoms in total. The van der Waals surface area contributed by atoms with E-state index in [0.29, 0.717) is 36.8 Å². The number of aryl methyl sites for hydroxylation is 1. The van der Waals surface area contributed by atoms with Crippen molar-refractivity contribution in [2.75, 3.05) is 20.2 Å². The van der Waals surface area contributed by atoms with Crippen LogP contribution in [-0.2, 0) is 6.42 Å². The number of nitriles is 1. The van der Waals surface area contributed by atoms with Crippen molar-refractivity contribution in [2.24, 2.45) is 0 Å². The van der Waals surface area contributed by atoms with Gasteiger partial charge in [0, 0.05) is 24.2 Å². The molecule has 0 unspecified atom stereocenters. The van der Waals surface area contributed by atoms with Gasteiger partial charge in [-0.15, -0.1) is 5.10 Å². The maximum Gasteiger partial charge on any atom is 0.314 e. The number of hydrogen-bond acceptors (Lipinski definition) is 5. The molecular formula is C28H31N5O2. The van der Waals surface area contributed by atoms with Crippen molar-refractivity contribution in [1.29, 1.82) is 5.26 Å². The van der Waals surface area contributed by atoms with Gasteiger partial charge in [0.25, 0.3) is 5.91 Å². The maximum absolute atomic E-state index is 13.8. The highest BCUT2D eigenvalue weighted by Crippen LogP contribution is 2.42. The molecule has 0 spiro atoms. The van der Waals surface area contributed by atoms with Crippen LogP contribution in [0.5, 0.6) is 6.01 Å². The average Bonchev–Trinajstić information content (AvgIpc) is 3.36. The van der Waals surface area contributed by atoms with E-state index in [0.717, 1.165) is 59.9 Å². The highest BCUT2D eigenvalue weighted by atomic mass is 16.5. The summed E-state index contributed by atoms with van der Waals surface area (Å²) in [6, 6.07) is 14.7. The third kappa shape index (κ3) is 4.41. The summed E-state index contributed by atoms with van der Waals surface area (Å²) in [5, 5.41) is 17.9. The lowest BCUT2D eigenvalue weighted by Crippen LogP contribution is -2.38. The lowest BCUT2D eigenvalue weighted by Gasteiger charge is -2.33. The third-order valence-electron chi connectivity index (χ3n) is 7.65. The predicted octanol–water partition coefficient (Wildman–Crippen LogP) is 5.20. The monoisotopic (exact) mass is 469 g/mol. The van der Waals surface area contributed by atoms with Crippen molar-refractivity contribution < 1.29 is 9.53 Å². The Morgan fingerprint density at radius 1 is 1.11 bits per heavy atom. The zero-order valence-corrected chi connectivity index (χ0v) is 20.4. The first-order valence-corrected chi connectivity index (χ1v) is 12.5. The Hall–Kier alpha value is -3.66. The second-order valence-corrected chi connectivity index (χ2v) is 9.53. The number of carbonyl (C=O) groups is 1. The van der Waals surface area contributed by atoms with Gasteiger partial charge in [-0.05, 0) is 72.8 Å². The molecule has 180 valence electrons. The van der Waals surface area contributed by atoms with Gasteiger partial charge in [-0.1, -0.05) is 42.7 Å². The van der Waals surface area contributed by atoms with Crippen LogP contribution in [-0.4, -0.2) is 46.2 Å². The minimum Gasteiger partial charge on any atom is -0.467 e. The molecule has 7 heteroatoms. The fourth-order valence-corrected chi connectivity index (χ4v) is 5.40. The molecule has 1 N–H and O–H groups in total. The number of H-pyrrole nitrogens is 1. The van der Waals surface area contributed by atoms with Crippen molar-refractivity contribution in [3.8, 4) is 23.5 Å². The van der Waals surface area contributed by atoms with E-state index >= 15 is 0 Å². The lowest BCUT2D eigenvalue weighted by atomic mass is 9.76. The van der Waals surface area contributed by atoms with Crippen LogP contribution in [0.3, 0.4) is 0 Å². The van der Waals surface area contributed by atoms with Crippen LogP contribution in [0.1, 0.15) is 83.5 Å². The smallest absolute Gasteiger partial charge is 0.314 e. The molecule has 2 aromatic carbocycles. The van der Waals surface area contributed by atoms with Gasteiger partial charge >= 0.3 is 6.01 Å². The summed E-state index contributed by atoms with van der Waals surface area (Å²) in [4.78, 5) is 18.9. The van der Waals surface area contributed by atoms with Crippen molar-refractivity contribution in [3.63, 3.8) is 0 Å². The maximum atomic E-state index is 13.8. The second-order valence-electron chi connectivity index (χ2n) is 9.53. The molecule has 2 fully saturated rings. The summed E-state index contributed by atoms with van der Waals surface area (Å²) in [6.45, 7) is 3.48. The molecule has 0 radical (unpaired) electrons. The first-order valence-electron chi connectivity index (χ1n) is 12.5. The van der Waals surface area contributed by atoms with Gasteiger partial charge in [-0.3, -0.25) is 9.78 Å². The van der Waals surface area contributed by atoms with E-state index in [4.69, 9.17) is 4.74 Å². The largest absolute Gasteiger partial charge is 0.467 e. The van der Waals surface area contributed by atoms with Gasteiger partial charge in [-0.25, -0.2) is 0 Å². The van der Waals surface area contributed by atoms with E-state index in [1.165, 1.54) is 12.0 Å². The first-order chi connectivity index (χ1) is 17.1. The molecule has 1 saturated heterocycles. The van der Waals surface area contributed by atoms with E-state index in [-0.39, 0.29) is 5.91 Å². The molecule has 1 aromatic heterocycles. The SMILES string of the molecule is CCc1cc(C2CCC2)c(-c2nnc(OC)[nH]2)cc1C(=O)N1CCC(c2ccccc2C#N)CC1. The number of hydrogen-bond donors (Lipinski definition) is 1. The summed E-state index contributed by atoms with van der Waals surface area (Å²) < 4.78 is 5.21. The van der Waals surface area contributed by atoms with Crippen LogP contribution in [0.15, 0.2) is 36.4 Å². The number of nitrogens with one attached hydrogen (secondary N) is 1. The number of methoxy groups -OCH3 is 1. The van der Waals surface area contributed by atoms with Gasteiger partial charge in [-0.2, -0.15) is 5.26 Å². The number of aromatic amines is 1. The molecule has 5 rings (SSSR count). The van der Waals surface area contributed by atoms with Crippen LogP contribution in [0, 0.1) is 11.3 Å². The van der Waals surface area contributed by atoms with Crippen molar-refractivity contribution in [1.82, 2.24) is 20.1 Å². The van der Waals surface area contributed by atoms with Crippen molar-refractivity contribution in [2.45, 2.75) is 57.3 Å². The molecular weight excluding hydrogens is 438 g/mol. The minimum absolute atomic E-state index is 0.0711. The summed E-state index contributed by atoms with van der Waals surface area (Å²) in [6.07, 6.45) is 6.07. The Kier molecular flexibility index (Phi) is 6.54. The Bertz CT molecular complexity index is 1260. The fraction of sp³-hybridized carbons (Fsp3) is 0.429. The summed E-state index contributed by atoms with van der Waals surface area (Å²) in [5.74, 6) is 1.51. The standard InChI is InChI=1S/C28H31N5O2/c1-3-18-15-23(19-8-6-9-19)25(26-30-28(35-2)32-31-26)16-24(18)27(34)33-13-11-20(12-14-33)22-10-5-4-7-21(22)17-29/h4-5,7,10,15-16,19-20H,3,6,8-9,11-14H2,1-2H3,(H,30,31,32). The quantitative estimate of drug-likeness (QED) is 0.535. The first kappa shape index (κ1) is 23.1. The number of ether oxygens (including phenoxy) is 1. The predicted molar refractivity (Wildman–Crippen MR) is 133 cm³/mol. The van der Waals surface area contributed by atoms with E-state index in [1.807, 2.05) is 35.2 Å². The minimum atomic E-state index is 0.0711. The molecule has 3 aromatic rings. The Balaban J connectivity index is 1.42. The van der Waals surface area contributed by atoms with Crippen LogP contribution in [0.2, 0.25) is 0 Å². The number of aromatic nitrogens is 3. The van der Waals surface area contributed by atoms with Crippen molar-refractivity contribution >= 4 is 5.91 Å². The van der Waals surface area contributed by atoms with Gasteiger partial charge in [0.05, 0.1) is 18.7 Å². The molecule has 2 heterocycles. The van der Waals surface area contributed by atoms with E-state index in [2.05, 4.69) is 34.2 Å². The van der Waals surface area contributed by atoms with E-state index in [1.54, 1.807) is 7.11 Å². The highest BCUT2D eigenvalue weighted by Gasteiger charge is 2.30. The van der Waals surface area contributed by atoms with E-state index < -0.39 is 0 Å². The zero-order chi connectivity index (χ0) is 24.4. The Morgan fingerprint density at radius 2 is 1.86 bits per heavy atom. The second kappa shape index (κ2) is 9.91. The van der Waals surface area contributed by atoms with Gasteiger partial charge in [0.15, 0.2) is 5.82 Å². The van der Waals surface area contributed by atoms with Crippen LogP contribution < -0.4 is 4.74 Å². The normalized spacial score (nSPS) is 16.5. The Labute approximate surface area is 206 Å². The molecule has 0 atom stereocenters. The number of nitrogens with zero attached hydrogens (tertiary/aromatic N) is 4. The molecule has 1 aliphatic heterocycles. The van der Waals surface area contributed by atoms with Crippen LogP contribution in [0.25, 0.3) is 11.4 Å². The Morgan fingerprint density at radius 3 is 2.49 bits per heavy atom. The molecule has 1 saturated carbocycles. The number of piperidine rings is 1. The van der Waals surface area contributed by atoms with Gasteiger partial charge in [0.2, 0.25) is 0 Å². The number of amides is 1. The summed E-state index contributed by atoms with van der Waals surface area (Å²) in [5.41, 5.74) is 5.87. The van der Waals surface area contributed by atoms with Gasteiger partial charge < -0.3 is 9.64 Å². The molecule has 2 aliphatic rings. The molecule has 35 heavy (non-hydrogen) atoms. The fourth-order valence-electron chi connectivity index (χ4n) is 5.40. The topological polar surface area (TPSA) is 94.9 Å². The number of carbonyl (C=O) groups excluding carboxylic acids is 1. The van der Waals surface area contributed by atoms with Crippen LogP contribution in [0.4, 0.5) is 0 Å². The summed E-state index contributed by atoms with van der Waals surface area (Å²) >= 11 is 0. The third-order valence-corrected chi connectivity index (χ3v) is 7.65. The summed E-state index contributed by atoms with van der Waals surface area (Å²) in [7, 11) is 1.56. The highest BCUT2D eigenvalue weighted by molar-refractivity contribution is 5.97. The number of likely N-dealkylation sites (tertiary alicyclic amines) is 1. The molecule has 1 amide bonds. The molecule has 1 aliphatic carbocycles. The van der Waals surface area contributed by atoms with Crippen molar-refractivity contribution in [3.05, 3.63) is 64.2 Å². The lowest BCUT2D eigenvalue weighted by molar-refractivity contribution is 0.0712. The van der Waals surface area contributed by atoms with Gasteiger partial charge in [0.1, 0.15) is 0 Å². The van der Waals surface area contributed by atoms with Crippen LogP contribution >= 0.6 is 0 Å². The number of rotatable bonds is 6. The number of benzene rings is 2.